The van der Waals surface area contributed by atoms with Crippen LogP contribution in [-0.2, 0) is 24.2 Å². The summed E-state index contributed by atoms with van der Waals surface area (Å²) in [6, 6.07) is 35.5. The maximum atomic E-state index is 12.9. The lowest BCUT2D eigenvalue weighted by Crippen LogP contribution is -2.42. The summed E-state index contributed by atoms with van der Waals surface area (Å²) in [6.45, 7) is 0.904. The van der Waals surface area contributed by atoms with E-state index in [0.29, 0.717) is 41.3 Å². The number of carbonyl (C=O) groups excluding carboxylic acids is 2. The second kappa shape index (κ2) is 16.4. The molecule has 0 aliphatic heterocycles. The molecule has 1 atom stereocenters. The lowest BCUT2D eigenvalue weighted by atomic mass is 10.0. The van der Waals surface area contributed by atoms with Crippen LogP contribution in [0.2, 0.25) is 0 Å². The molecular formula is C38H35N3O6. The highest BCUT2D eigenvalue weighted by atomic mass is 16.5. The van der Waals surface area contributed by atoms with Crippen molar-refractivity contribution in [3.05, 3.63) is 161 Å². The topological polar surface area (TPSA) is 127 Å². The van der Waals surface area contributed by atoms with E-state index in [9.17, 15) is 19.5 Å². The number of aliphatic carboxylic acids is 1. The van der Waals surface area contributed by atoms with Crippen LogP contribution in [0.15, 0.2) is 128 Å². The summed E-state index contributed by atoms with van der Waals surface area (Å²) in [4.78, 5) is 42.0. The Labute approximate surface area is 273 Å². The van der Waals surface area contributed by atoms with Gasteiger partial charge < -0.3 is 25.2 Å². The first kappa shape index (κ1) is 32.4. The normalized spacial score (nSPS) is 11.2. The van der Waals surface area contributed by atoms with Gasteiger partial charge >= 0.3 is 5.97 Å². The van der Waals surface area contributed by atoms with Crippen molar-refractivity contribution in [2.24, 2.45) is 0 Å². The Morgan fingerprint density at radius 2 is 1.32 bits per heavy atom. The minimum Gasteiger partial charge on any atom is -0.492 e. The first-order chi connectivity index (χ1) is 22.9. The van der Waals surface area contributed by atoms with Gasteiger partial charge in [-0.3, -0.25) is 14.6 Å². The summed E-state index contributed by atoms with van der Waals surface area (Å²) in [6.07, 6.45) is 2.33. The molecule has 1 aromatic heterocycles. The molecule has 0 aliphatic carbocycles. The molecular weight excluding hydrogens is 594 g/mol. The highest BCUT2D eigenvalue weighted by molar-refractivity contribution is 5.97. The third-order valence-electron chi connectivity index (χ3n) is 7.34. The van der Waals surface area contributed by atoms with Gasteiger partial charge in [0.05, 0.1) is 17.8 Å². The van der Waals surface area contributed by atoms with E-state index in [1.807, 2.05) is 60.7 Å². The van der Waals surface area contributed by atoms with Crippen LogP contribution in [0, 0.1) is 0 Å². The predicted octanol–water partition coefficient (Wildman–Crippen LogP) is 5.49. The molecule has 5 aromatic rings. The maximum absolute atomic E-state index is 12.9. The Bertz CT molecular complexity index is 1760. The number of amides is 2. The molecule has 0 bridgehead atoms. The van der Waals surface area contributed by atoms with E-state index < -0.39 is 17.9 Å². The van der Waals surface area contributed by atoms with Crippen molar-refractivity contribution in [2.75, 3.05) is 13.2 Å². The number of carboxylic acids is 1. The van der Waals surface area contributed by atoms with Crippen LogP contribution in [0.4, 0.5) is 0 Å². The quantitative estimate of drug-likeness (QED) is 0.131. The minimum atomic E-state index is -1.14. The molecule has 9 heteroatoms. The summed E-state index contributed by atoms with van der Waals surface area (Å²) >= 11 is 0. The van der Waals surface area contributed by atoms with Gasteiger partial charge in [0.1, 0.15) is 30.8 Å². The average molecular weight is 630 g/mol. The van der Waals surface area contributed by atoms with Crippen molar-refractivity contribution in [1.29, 1.82) is 0 Å². The summed E-state index contributed by atoms with van der Waals surface area (Å²) in [5.74, 6) is -0.712. The van der Waals surface area contributed by atoms with Crippen molar-refractivity contribution >= 4 is 17.8 Å². The molecule has 0 saturated carbocycles. The smallest absolute Gasteiger partial charge is 0.326 e. The summed E-state index contributed by atoms with van der Waals surface area (Å²) in [5.41, 5.74) is 4.35. The Kier molecular flexibility index (Phi) is 11.3. The van der Waals surface area contributed by atoms with Gasteiger partial charge in [-0.2, -0.15) is 0 Å². The fourth-order valence-corrected chi connectivity index (χ4v) is 4.85. The second-order valence-corrected chi connectivity index (χ2v) is 10.8. The Morgan fingerprint density at radius 3 is 2.00 bits per heavy atom. The van der Waals surface area contributed by atoms with Crippen molar-refractivity contribution in [1.82, 2.24) is 15.6 Å². The second-order valence-electron chi connectivity index (χ2n) is 10.8. The van der Waals surface area contributed by atoms with Gasteiger partial charge in [-0.05, 0) is 65.2 Å². The van der Waals surface area contributed by atoms with Gasteiger partial charge in [0.15, 0.2) is 0 Å². The monoisotopic (exact) mass is 629 g/mol. The number of rotatable bonds is 15. The number of benzene rings is 4. The molecule has 0 fully saturated rings. The highest BCUT2D eigenvalue weighted by Gasteiger charge is 2.21. The number of nitrogens with zero attached hydrogens (tertiary/aromatic N) is 1. The molecule has 0 unspecified atom stereocenters. The Hall–Kier alpha value is -5.96. The molecule has 0 aliphatic rings. The van der Waals surface area contributed by atoms with E-state index in [0.717, 1.165) is 16.7 Å². The fourth-order valence-electron chi connectivity index (χ4n) is 4.85. The number of aromatic nitrogens is 1. The van der Waals surface area contributed by atoms with Crippen LogP contribution in [0.25, 0.3) is 0 Å². The van der Waals surface area contributed by atoms with Crippen molar-refractivity contribution in [3.63, 3.8) is 0 Å². The molecule has 238 valence electrons. The predicted molar refractivity (Wildman–Crippen MR) is 178 cm³/mol. The largest absolute Gasteiger partial charge is 0.492 e. The first-order valence-electron chi connectivity index (χ1n) is 15.2. The number of hydrogen-bond acceptors (Lipinski definition) is 6. The molecule has 9 nitrogen and oxygen atoms in total. The van der Waals surface area contributed by atoms with Crippen LogP contribution >= 0.6 is 0 Å². The fraction of sp³-hybridized carbons (Fsp3) is 0.158. The van der Waals surface area contributed by atoms with Crippen LogP contribution in [0.5, 0.6) is 11.5 Å². The van der Waals surface area contributed by atoms with Gasteiger partial charge in [0.2, 0.25) is 0 Å². The Morgan fingerprint density at radius 1 is 0.681 bits per heavy atom. The van der Waals surface area contributed by atoms with E-state index in [2.05, 4.69) is 15.6 Å². The minimum absolute atomic E-state index is 0.111. The standard InChI is InChI=1S/C38H35N3O6/c42-36(41-35(38(44)45)25-28-13-17-32(18-14-28)47-26-29-10-5-2-6-11-29)30-15-19-31(20-16-30)46-23-22-40-37(43)33-12-7-21-39-34(33)24-27-8-3-1-4-9-27/h1-21,35H,22-26H2,(H,40,43)(H,41,42)(H,44,45)/t35-/m0/s1. The number of hydrogen-bond donors (Lipinski definition) is 3. The number of pyridine rings is 1. The summed E-state index contributed by atoms with van der Waals surface area (Å²) in [7, 11) is 0. The van der Waals surface area contributed by atoms with Gasteiger partial charge in [0, 0.05) is 24.6 Å². The van der Waals surface area contributed by atoms with E-state index >= 15 is 0 Å². The van der Waals surface area contributed by atoms with Crippen molar-refractivity contribution in [2.45, 2.75) is 25.5 Å². The zero-order valence-electron chi connectivity index (χ0n) is 25.7. The number of nitrogens with one attached hydrogen (secondary N) is 2. The zero-order chi connectivity index (χ0) is 32.8. The van der Waals surface area contributed by atoms with Crippen LogP contribution in [0.3, 0.4) is 0 Å². The SMILES string of the molecule is O=C(N[C@@H](Cc1ccc(OCc2ccccc2)cc1)C(=O)O)c1ccc(OCCNC(=O)c2cccnc2Cc2ccccc2)cc1. The van der Waals surface area contributed by atoms with E-state index in [4.69, 9.17) is 9.47 Å². The third-order valence-corrected chi connectivity index (χ3v) is 7.34. The van der Waals surface area contributed by atoms with E-state index in [-0.39, 0.29) is 25.5 Å². The van der Waals surface area contributed by atoms with E-state index in [1.54, 1.807) is 66.9 Å². The van der Waals surface area contributed by atoms with E-state index in [1.165, 1.54) is 0 Å². The van der Waals surface area contributed by atoms with Gasteiger partial charge in [-0.15, -0.1) is 0 Å². The molecule has 0 spiro atoms. The van der Waals surface area contributed by atoms with Crippen LogP contribution in [0.1, 0.15) is 43.1 Å². The number of carboxylic acid groups (broad SMARTS) is 1. The molecule has 1 heterocycles. The zero-order valence-corrected chi connectivity index (χ0v) is 25.7. The molecule has 47 heavy (non-hydrogen) atoms. The van der Waals surface area contributed by atoms with Crippen LogP contribution < -0.4 is 20.1 Å². The Balaban J connectivity index is 1.07. The molecule has 0 saturated heterocycles. The summed E-state index contributed by atoms with van der Waals surface area (Å²) < 4.78 is 11.5. The van der Waals surface area contributed by atoms with Crippen molar-refractivity contribution in [3.8, 4) is 11.5 Å². The average Bonchev–Trinajstić information content (AvgIpc) is 3.10. The lowest BCUT2D eigenvalue weighted by molar-refractivity contribution is -0.139. The molecule has 4 aromatic carbocycles. The van der Waals surface area contributed by atoms with Crippen LogP contribution in [-0.4, -0.2) is 47.1 Å². The highest BCUT2D eigenvalue weighted by Crippen LogP contribution is 2.17. The lowest BCUT2D eigenvalue weighted by Gasteiger charge is -2.15. The number of ether oxygens (including phenoxy) is 2. The molecule has 3 N–H and O–H groups in total. The molecule has 2 amide bonds. The maximum Gasteiger partial charge on any atom is 0.326 e. The molecule has 5 rings (SSSR count). The summed E-state index contributed by atoms with van der Waals surface area (Å²) in [5, 5.41) is 15.2. The van der Waals surface area contributed by atoms with Gasteiger partial charge in [-0.1, -0.05) is 72.8 Å². The first-order valence-corrected chi connectivity index (χ1v) is 15.2. The third kappa shape index (κ3) is 9.76. The van der Waals surface area contributed by atoms with Gasteiger partial charge in [-0.25, -0.2) is 4.79 Å². The van der Waals surface area contributed by atoms with Crippen molar-refractivity contribution < 1.29 is 29.0 Å². The molecule has 0 radical (unpaired) electrons. The van der Waals surface area contributed by atoms with Gasteiger partial charge in [0.25, 0.3) is 11.8 Å². The number of carbonyl (C=O) groups is 3.